The van der Waals surface area contributed by atoms with Crippen molar-refractivity contribution in [3.8, 4) is 0 Å². The molecule has 1 saturated heterocycles. The van der Waals surface area contributed by atoms with Gasteiger partial charge in [-0.3, -0.25) is 14.4 Å². The number of hydrogen-bond donors (Lipinski definition) is 1. The molecule has 1 fully saturated rings. The maximum absolute atomic E-state index is 12.5. The molecule has 0 aliphatic carbocycles. The number of nitrogens with zero attached hydrogens (tertiary/aromatic N) is 1. The number of thioether (sulfide) groups is 1. The molecule has 2 aromatic carbocycles. The van der Waals surface area contributed by atoms with Crippen molar-refractivity contribution in [3.63, 3.8) is 0 Å². The molecule has 134 valence electrons. The van der Waals surface area contributed by atoms with E-state index in [0.717, 1.165) is 11.3 Å². The third kappa shape index (κ3) is 4.32. The van der Waals surface area contributed by atoms with Crippen molar-refractivity contribution in [3.05, 3.63) is 60.2 Å². The van der Waals surface area contributed by atoms with Gasteiger partial charge in [-0.2, -0.15) is 0 Å². The largest absolute Gasteiger partial charge is 0.326 e. The van der Waals surface area contributed by atoms with Gasteiger partial charge in [0.15, 0.2) is 0 Å². The molecule has 1 atom stereocenters. The summed E-state index contributed by atoms with van der Waals surface area (Å²) in [5, 5.41) is 2.41. The van der Waals surface area contributed by atoms with Crippen molar-refractivity contribution in [2.24, 2.45) is 0 Å². The van der Waals surface area contributed by atoms with Crippen LogP contribution in [-0.2, 0) is 14.4 Å². The number of amides is 3. The van der Waals surface area contributed by atoms with Gasteiger partial charge in [-0.25, -0.2) is 4.90 Å². The third-order valence-electron chi connectivity index (χ3n) is 4.10. The lowest BCUT2D eigenvalue weighted by Gasteiger charge is -2.14. The van der Waals surface area contributed by atoms with Crippen molar-refractivity contribution in [1.82, 2.24) is 0 Å². The van der Waals surface area contributed by atoms with Gasteiger partial charge in [0.2, 0.25) is 17.7 Å². The molecular weight excluding hydrogens is 348 g/mol. The molecule has 3 amide bonds. The zero-order valence-corrected chi connectivity index (χ0v) is 15.3. The fraction of sp³-hybridized carbons (Fsp3) is 0.250. The Morgan fingerprint density at radius 2 is 1.81 bits per heavy atom. The lowest BCUT2D eigenvalue weighted by atomic mass is 10.2. The molecule has 0 saturated carbocycles. The molecule has 5 nitrogen and oxygen atoms in total. The van der Waals surface area contributed by atoms with E-state index >= 15 is 0 Å². The summed E-state index contributed by atoms with van der Waals surface area (Å²) in [6.07, 6.45) is 0.472. The second-order valence-electron chi connectivity index (χ2n) is 6.13. The van der Waals surface area contributed by atoms with Crippen LogP contribution in [0.25, 0.3) is 0 Å². The van der Waals surface area contributed by atoms with Crippen LogP contribution < -0.4 is 10.2 Å². The Labute approximate surface area is 156 Å². The van der Waals surface area contributed by atoms with E-state index in [9.17, 15) is 14.4 Å². The molecule has 26 heavy (non-hydrogen) atoms. The number of anilines is 2. The van der Waals surface area contributed by atoms with Crippen molar-refractivity contribution in [2.75, 3.05) is 16.0 Å². The second-order valence-corrected chi connectivity index (χ2v) is 7.44. The van der Waals surface area contributed by atoms with Crippen LogP contribution in [0, 0.1) is 6.92 Å². The van der Waals surface area contributed by atoms with Gasteiger partial charge in [-0.15, -0.1) is 11.8 Å². The van der Waals surface area contributed by atoms with E-state index in [0.29, 0.717) is 17.9 Å². The Hall–Kier alpha value is -2.60. The van der Waals surface area contributed by atoms with Gasteiger partial charge in [0.05, 0.1) is 10.9 Å². The summed E-state index contributed by atoms with van der Waals surface area (Å²) >= 11 is 1.36. The zero-order chi connectivity index (χ0) is 18.5. The van der Waals surface area contributed by atoms with Gasteiger partial charge in [0.25, 0.3) is 0 Å². The van der Waals surface area contributed by atoms with Gasteiger partial charge >= 0.3 is 0 Å². The zero-order valence-electron chi connectivity index (χ0n) is 14.5. The van der Waals surface area contributed by atoms with Crippen molar-refractivity contribution in [1.29, 1.82) is 0 Å². The maximum Gasteiger partial charge on any atom is 0.247 e. The van der Waals surface area contributed by atoms with Gasteiger partial charge in [-0.05, 0) is 31.2 Å². The molecule has 1 heterocycles. The minimum Gasteiger partial charge on any atom is -0.326 e. The van der Waals surface area contributed by atoms with E-state index in [1.807, 2.05) is 37.3 Å². The van der Waals surface area contributed by atoms with Crippen LogP contribution in [0.4, 0.5) is 11.4 Å². The van der Waals surface area contributed by atoms with Crippen LogP contribution in [0.2, 0.25) is 0 Å². The van der Waals surface area contributed by atoms with Gasteiger partial charge in [-0.1, -0.05) is 35.9 Å². The van der Waals surface area contributed by atoms with Gasteiger partial charge in [0.1, 0.15) is 0 Å². The number of carbonyl (C=O) groups is 3. The first-order valence-electron chi connectivity index (χ1n) is 8.44. The number of nitrogens with one attached hydrogen (secondary N) is 1. The molecule has 0 spiro atoms. The number of benzene rings is 2. The first-order valence-corrected chi connectivity index (χ1v) is 9.49. The van der Waals surface area contributed by atoms with E-state index < -0.39 is 5.25 Å². The molecule has 2 aromatic rings. The highest BCUT2D eigenvalue weighted by atomic mass is 32.2. The highest BCUT2D eigenvalue weighted by Gasteiger charge is 2.39. The minimum atomic E-state index is -0.421. The topological polar surface area (TPSA) is 66.5 Å². The molecule has 0 aromatic heterocycles. The predicted octanol–water partition coefficient (Wildman–Crippen LogP) is 3.39. The fourth-order valence-corrected chi connectivity index (χ4v) is 3.83. The number of rotatable bonds is 6. The average molecular weight is 368 g/mol. The van der Waals surface area contributed by atoms with Gasteiger partial charge < -0.3 is 5.32 Å². The minimum absolute atomic E-state index is 0.0990. The first-order chi connectivity index (χ1) is 12.5. The summed E-state index contributed by atoms with van der Waals surface area (Å²) in [7, 11) is 0. The van der Waals surface area contributed by atoms with Crippen LogP contribution in [0.3, 0.4) is 0 Å². The van der Waals surface area contributed by atoms with Crippen LogP contribution in [0.5, 0.6) is 0 Å². The molecule has 0 radical (unpaired) electrons. The lowest BCUT2D eigenvalue weighted by molar-refractivity contribution is -0.121. The standard InChI is InChI=1S/C20H20N2O3S/c1-14-7-9-15(10-8-14)21-18(23)11-12-26-17-13-19(24)22(20(17)25)16-5-3-2-4-6-16/h2-10,17H,11-13H2,1H3,(H,21,23). The summed E-state index contributed by atoms with van der Waals surface area (Å²) in [5.74, 6) is -0.00436. The smallest absolute Gasteiger partial charge is 0.247 e. The van der Waals surface area contributed by atoms with Crippen LogP contribution in [-0.4, -0.2) is 28.7 Å². The third-order valence-corrected chi connectivity index (χ3v) is 5.31. The molecule has 1 N–H and O–H groups in total. The number of carbonyl (C=O) groups excluding carboxylic acids is 3. The molecule has 1 aliphatic rings. The van der Waals surface area contributed by atoms with Crippen molar-refractivity contribution >= 4 is 40.9 Å². The van der Waals surface area contributed by atoms with Gasteiger partial charge in [0, 0.05) is 24.3 Å². The quantitative estimate of drug-likeness (QED) is 0.794. The summed E-state index contributed by atoms with van der Waals surface area (Å²) in [6.45, 7) is 1.99. The fourth-order valence-electron chi connectivity index (χ4n) is 2.74. The Kier molecular flexibility index (Phi) is 5.73. The second kappa shape index (κ2) is 8.19. The highest BCUT2D eigenvalue weighted by molar-refractivity contribution is 8.00. The van der Waals surface area contributed by atoms with Crippen LogP contribution >= 0.6 is 11.8 Å². The Bertz CT molecular complexity index is 806. The van der Waals surface area contributed by atoms with E-state index in [2.05, 4.69) is 5.32 Å². The number of hydrogen-bond acceptors (Lipinski definition) is 4. The maximum atomic E-state index is 12.5. The summed E-state index contributed by atoms with van der Waals surface area (Å²) in [6, 6.07) is 16.5. The number of imide groups is 1. The monoisotopic (exact) mass is 368 g/mol. The lowest BCUT2D eigenvalue weighted by Crippen LogP contribution is -2.31. The number of aryl methyl sites for hydroxylation is 1. The van der Waals surface area contributed by atoms with E-state index in [4.69, 9.17) is 0 Å². The Balaban J connectivity index is 1.49. The number of para-hydroxylation sites is 1. The van der Waals surface area contributed by atoms with E-state index in [-0.39, 0.29) is 24.1 Å². The molecular formula is C20H20N2O3S. The SMILES string of the molecule is Cc1ccc(NC(=O)CCSC2CC(=O)N(c3ccccc3)C2=O)cc1. The Morgan fingerprint density at radius 1 is 1.12 bits per heavy atom. The molecule has 1 unspecified atom stereocenters. The van der Waals surface area contributed by atoms with Crippen molar-refractivity contribution < 1.29 is 14.4 Å². The van der Waals surface area contributed by atoms with E-state index in [1.165, 1.54) is 16.7 Å². The highest BCUT2D eigenvalue weighted by Crippen LogP contribution is 2.29. The molecule has 1 aliphatic heterocycles. The summed E-state index contributed by atoms with van der Waals surface area (Å²) in [4.78, 5) is 37.9. The molecule has 0 bridgehead atoms. The normalized spacial score (nSPS) is 16.8. The molecule has 6 heteroatoms. The summed E-state index contributed by atoms with van der Waals surface area (Å²) < 4.78 is 0. The van der Waals surface area contributed by atoms with Crippen LogP contribution in [0.15, 0.2) is 54.6 Å². The van der Waals surface area contributed by atoms with Crippen LogP contribution in [0.1, 0.15) is 18.4 Å². The molecule has 3 rings (SSSR count). The average Bonchev–Trinajstić information content (AvgIpc) is 2.91. The Morgan fingerprint density at radius 3 is 2.50 bits per heavy atom. The summed E-state index contributed by atoms with van der Waals surface area (Å²) in [5.41, 5.74) is 2.49. The van der Waals surface area contributed by atoms with E-state index in [1.54, 1.807) is 24.3 Å². The predicted molar refractivity (Wildman–Crippen MR) is 104 cm³/mol. The van der Waals surface area contributed by atoms with Crippen molar-refractivity contribution in [2.45, 2.75) is 25.0 Å². The first kappa shape index (κ1) is 18.2.